The number of hydrogen-bond acceptors (Lipinski definition) is 4. The number of amides is 2. The van der Waals surface area contributed by atoms with Crippen LogP contribution >= 0.6 is 11.8 Å². The average molecular weight is 405 g/mol. The summed E-state index contributed by atoms with van der Waals surface area (Å²) >= 11 is 1.76. The zero-order valence-corrected chi connectivity index (χ0v) is 18.3. The van der Waals surface area contributed by atoms with Gasteiger partial charge in [-0.3, -0.25) is 4.68 Å². The summed E-state index contributed by atoms with van der Waals surface area (Å²) in [6.45, 7) is 10.3. The Kier molecular flexibility index (Phi) is 8.86. The monoisotopic (exact) mass is 404 g/mol. The first-order valence-electron chi connectivity index (χ1n) is 9.66. The van der Waals surface area contributed by atoms with Crippen molar-refractivity contribution < 1.29 is 9.53 Å². The smallest absolute Gasteiger partial charge is 0.315 e. The third-order valence-electron chi connectivity index (χ3n) is 4.48. The summed E-state index contributed by atoms with van der Waals surface area (Å²) in [6, 6.07) is 10.2. The van der Waals surface area contributed by atoms with Crippen LogP contribution in [0.2, 0.25) is 0 Å². The van der Waals surface area contributed by atoms with Gasteiger partial charge in [0.1, 0.15) is 0 Å². The number of benzene rings is 1. The second kappa shape index (κ2) is 11.1. The number of nitrogens with one attached hydrogen (secondary N) is 2. The highest BCUT2D eigenvalue weighted by Crippen LogP contribution is 2.21. The number of methoxy groups -OCH3 is 1. The third-order valence-corrected chi connectivity index (χ3v) is 5.46. The summed E-state index contributed by atoms with van der Waals surface area (Å²) in [6.07, 6.45) is 0. The molecule has 1 aromatic carbocycles. The highest BCUT2D eigenvalue weighted by atomic mass is 32.2. The molecule has 28 heavy (non-hydrogen) atoms. The van der Waals surface area contributed by atoms with E-state index in [1.54, 1.807) is 18.9 Å². The summed E-state index contributed by atoms with van der Waals surface area (Å²) in [7, 11) is 1.71. The lowest BCUT2D eigenvalue weighted by molar-refractivity contribution is 0.218. The Morgan fingerprint density at radius 3 is 2.57 bits per heavy atom. The van der Waals surface area contributed by atoms with Crippen LogP contribution in [-0.2, 0) is 11.3 Å². The standard InChI is InChI=1S/C21H32N4O2S/c1-15(14-25-17(3)12-16(2)24-25)13-22-21(26)23-18(4)19-6-8-20(9-7-19)28-11-10-27-5/h6-9,12,15,18H,10-11,13-14H2,1-5H3,(H2,22,23,26). The van der Waals surface area contributed by atoms with Crippen molar-refractivity contribution in [1.82, 2.24) is 20.4 Å². The molecular weight excluding hydrogens is 372 g/mol. The van der Waals surface area contributed by atoms with E-state index < -0.39 is 0 Å². The van der Waals surface area contributed by atoms with Gasteiger partial charge in [0, 0.05) is 36.5 Å². The number of aryl methyl sites for hydroxylation is 2. The largest absolute Gasteiger partial charge is 0.384 e. The van der Waals surface area contributed by atoms with Gasteiger partial charge in [0.2, 0.25) is 0 Å². The zero-order valence-electron chi connectivity index (χ0n) is 17.5. The molecule has 2 unspecified atom stereocenters. The van der Waals surface area contributed by atoms with Crippen molar-refractivity contribution in [2.45, 2.75) is 45.2 Å². The Morgan fingerprint density at radius 1 is 1.25 bits per heavy atom. The van der Waals surface area contributed by atoms with E-state index >= 15 is 0 Å². The van der Waals surface area contributed by atoms with Gasteiger partial charge < -0.3 is 15.4 Å². The third kappa shape index (κ3) is 7.20. The zero-order chi connectivity index (χ0) is 20.5. The van der Waals surface area contributed by atoms with Crippen LogP contribution in [0.1, 0.15) is 36.8 Å². The maximum absolute atomic E-state index is 12.2. The molecule has 0 aliphatic rings. The SMILES string of the molecule is COCCSc1ccc(C(C)NC(=O)NCC(C)Cn2nc(C)cc2C)cc1. The number of thioether (sulfide) groups is 1. The molecule has 0 spiro atoms. The maximum atomic E-state index is 12.2. The molecule has 0 saturated heterocycles. The maximum Gasteiger partial charge on any atom is 0.315 e. The number of ether oxygens (including phenoxy) is 1. The number of urea groups is 1. The molecule has 0 aliphatic heterocycles. The lowest BCUT2D eigenvalue weighted by Crippen LogP contribution is -2.39. The van der Waals surface area contributed by atoms with Crippen LogP contribution in [0, 0.1) is 19.8 Å². The molecule has 2 amide bonds. The van der Waals surface area contributed by atoms with Crippen LogP contribution in [0.5, 0.6) is 0 Å². The van der Waals surface area contributed by atoms with Crippen molar-refractivity contribution in [3.05, 3.63) is 47.3 Å². The summed E-state index contributed by atoms with van der Waals surface area (Å²) in [5, 5.41) is 10.4. The molecule has 0 aliphatic carbocycles. The lowest BCUT2D eigenvalue weighted by Gasteiger charge is -2.18. The molecule has 1 heterocycles. The number of aromatic nitrogens is 2. The second-order valence-corrected chi connectivity index (χ2v) is 8.37. The fraction of sp³-hybridized carbons (Fsp3) is 0.524. The van der Waals surface area contributed by atoms with E-state index in [0.29, 0.717) is 12.5 Å². The summed E-state index contributed by atoms with van der Waals surface area (Å²) in [5.74, 6) is 1.23. The molecule has 6 nitrogen and oxygen atoms in total. The van der Waals surface area contributed by atoms with Crippen molar-refractivity contribution in [2.75, 3.05) is 26.0 Å². The lowest BCUT2D eigenvalue weighted by atomic mass is 10.1. The van der Waals surface area contributed by atoms with Crippen molar-refractivity contribution in [1.29, 1.82) is 0 Å². The van der Waals surface area contributed by atoms with Gasteiger partial charge in [-0.25, -0.2) is 4.79 Å². The quantitative estimate of drug-likeness (QED) is 0.465. The Hall–Kier alpha value is -1.99. The topological polar surface area (TPSA) is 68.2 Å². The van der Waals surface area contributed by atoms with Crippen LogP contribution in [0.3, 0.4) is 0 Å². The predicted octanol–water partition coefficient (Wildman–Crippen LogP) is 3.93. The van der Waals surface area contributed by atoms with Gasteiger partial charge in [-0.1, -0.05) is 19.1 Å². The van der Waals surface area contributed by atoms with Crippen LogP contribution in [0.25, 0.3) is 0 Å². The normalized spacial score (nSPS) is 13.2. The predicted molar refractivity (Wildman–Crippen MR) is 115 cm³/mol. The van der Waals surface area contributed by atoms with Gasteiger partial charge in [-0.15, -0.1) is 11.8 Å². The summed E-state index contributed by atoms with van der Waals surface area (Å²) in [5.41, 5.74) is 3.25. The van der Waals surface area contributed by atoms with Gasteiger partial charge in [-0.05, 0) is 50.5 Å². The van der Waals surface area contributed by atoms with Crippen molar-refractivity contribution in [2.24, 2.45) is 5.92 Å². The minimum absolute atomic E-state index is 0.0515. The molecule has 0 radical (unpaired) electrons. The fourth-order valence-corrected chi connectivity index (χ4v) is 3.73. The molecule has 154 valence electrons. The van der Waals surface area contributed by atoms with Crippen LogP contribution in [0.4, 0.5) is 4.79 Å². The minimum Gasteiger partial charge on any atom is -0.384 e. The first kappa shape index (κ1) is 22.3. The average Bonchev–Trinajstić information content (AvgIpc) is 2.97. The van der Waals surface area contributed by atoms with Gasteiger partial charge in [0.25, 0.3) is 0 Å². The van der Waals surface area contributed by atoms with E-state index in [1.807, 2.05) is 18.5 Å². The molecule has 2 rings (SSSR count). The Morgan fingerprint density at radius 2 is 1.96 bits per heavy atom. The molecule has 1 aromatic heterocycles. The fourth-order valence-electron chi connectivity index (χ4n) is 2.91. The number of carbonyl (C=O) groups excluding carboxylic acids is 1. The van der Waals surface area contributed by atoms with E-state index in [-0.39, 0.29) is 12.1 Å². The molecule has 2 atom stereocenters. The highest BCUT2D eigenvalue weighted by Gasteiger charge is 2.12. The first-order chi connectivity index (χ1) is 13.4. The summed E-state index contributed by atoms with van der Waals surface area (Å²) in [4.78, 5) is 13.4. The molecule has 0 fully saturated rings. The van der Waals surface area contributed by atoms with Gasteiger partial charge in [-0.2, -0.15) is 5.10 Å². The van der Waals surface area contributed by atoms with E-state index in [0.717, 1.165) is 35.9 Å². The number of carbonyl (C=O) groups is 1. The van der Waals surface area contributed by atoms with Gasteiger partial charge in [0.15, 0.2) is 0 Å². The van der Waals surface area contributed by atoms with Gasteiger partial charge >= 0.3 is 6.03 Å². The van der Waals surface area contributed by atoms with E-state index in [2.05, 4.69) is 59.9 Å². The summed E-state index contributed by atoms with van der Waals surface area (Å²) < 4.78 is 7.06. The van der Waals surface area contributed by atoms with Crippen LogP contribution in [-0.4, -0.2) is 41.8 Å². The molecule has 0 bridgehead atoms. The van der Waals surface area contributed by atoms with E-state index in [9.17, 15) is 4.79 Å². The van der Waals surface area contributed by atoms with Gasteiger partial charge in [0.05, 0.1) is 18.3 Å². The Labute approximate surface area is 172 Å². The number of rotatable bonds is 10. The van der Waals surface area contributed by atoms with Crippen LogP contribution in [0.15, 0.2) is 35.2 Å². The molecule has 0 saturated carbocycles. The second-order valence-electron chi connectivity index (χ2n) is 7.20. The Balaban J connectivity index is 1.74. The van der Waals surface area contributed by atoms with Crippen molar-refractivity contribution in [3.8, 4) is 0 Å². The molecule has 7 heteroatoms. The van der Waals surface area contributed by atoms with Crippen molar-refractivity contribution >= 4 is 17.8 Å². The highest BCUT2D eigenvalue weighted by molar-refractivity contribution is 7.99. The van der Waals surface area contributed by atoms with Crippen molar-refractivity contribution in [3.63, 3.8) is 0 Å². The Bertz CT molecular complexity index is 745. The number of hydrogen-bond donors (Lipinski definition) is 2. The number of nitrogens with zero attached hydrogens (tertiary/aromatic N) is 2. The minimum atomic E-state index is -0.147. The van der Waals surface area contributed by atoms with Crippen LogP contribution < -0.4 is 10.6 Å². The van der Waals surface area contributed by atoms with E-state index in [4.69, 9.17) is 4.74 Å². The molecule has 2 N–H and O–H groups in total. The molecular formula is C21H32N4O2S. The van der Waals surface area contributed by atoms with E-state index in [1.165, 1.54) is 4.90 Å². The molecule has 2 aromatic rings. The first-order valence-corrected chi connectivity index (χ1v) is 10.6.